The molecule has 7 heteroatoms. The normalized spacial score (nSPS) is 18.8. The van der Waals surface area contributed by atoms with Gasteiger partial charge in [0.25, 0.3) is 0 Å². The molecule has 2 amide bonds. The highest BCUT2D eigenvalue weighted by molar-refractivity contribution is 5.82. The zero-order valence-corrected chi connectivity index (χ0v) is 17.1. The molecule has 2 N–H and O–H groups in total. The van der Waals surface area contributed by atoms with Gasteiger partial charge in [-0.1, -0.05) is 38.1 Å². The lowest BCUT2D eigenvalue weighted by Crippen LogP contribution is -2.56. The van der Waals surface area contributed by atoms with Gasteiger partial charge in [-0.3, -0.25) is 4.79 Å². The van der Waals surface area contributed by atoms with Crippen LogP contribution in [-0.4, -0.2) is 48.3 Å². The molecule has 1 heterocycles. The molecular formula is C22H28N2O5. The van der Waals surface area contributed by atoms with Gasteiger partial charge in [-0.25, -0.2) is 4.79 Å². The van der Waals surface area contributed by atoms with Crippen molar-refractivity contribution in [3.8, 4) is 11.5 Å². The van der Waals surface area contributed by atoms with Crippen molar-refractivity contribution < 1.29 is 24.2 Å². The molecule has 1 fully saturated rings. The fraction of sp³-hybridized carbons (Fsp3) is 0.455. The molecule has 1 aliphatic carbocycles. The number of carbonyl (C=O) groups excluding carboxylic acids is 2. The number of hydrogen-bond acceptors (Lipinski definition) is 5. The number of nitrogens with one attached hydrogen (secondary N) is 1. The van der Waals surface area contributed by atoms with Crippen molar-refractivity contribution in [3.05, 3.63) is 47.6 Å². The second-order valence-electron chi connectivity index (χ2n) is 7.68. The summed E-state index contributed by atoms with van der Waals surface area (Å²) in [5.74, 6) is 0.380. The third kappa shape index (κ3) is 4.91. The Kier molecular flexibility index (Phi) is 6.46. The van der Waals surface area contributed by atoms with Gasteiger partial charge in [0.1, 0.15) is 6.10 Å². The lowest BCUT2D eigenvalue weighted by Gasteiger charge is -2.38. The van der Waals surface area contributed by atoms with Gasteiger partial charge < -0.3 is 24.8 Å². The van der Waals surface area contributed by atoms with E-state index in [4.69, 9.17) is 9.47 Å². The average molecular weight is 400 g/mol. The Morgan fingerprint density at radius 3 is 2.76 bits per heavy atom. The number of nitrogens with zero attached hydrogens (tertiary/aromatic N) is 1. The molecule has 0 aromatic heterocycles. The number of rotatable bonds is 6. The summed E-state index contributed by atoms with van der Waals surface area (Å²) in [4.78, 5) is 26.3. The largest absolute Gasteiger partial charge is 0.504 e. The topological polar surface area (TPSA) is 88.1 Å². The molecule has 7 nitrogen and oxygen atoms in total. The van der Waals surface area contributed by atoms with Crippen LogP contribution in [0.15, 0.2) is 42.0 Å². The molecule has 1 aromatic rings. The predicted octanol–water partition coefficient (Wildman–Crippen LogP) is 3.00. The predicted molar refractivity (Wildman–Crippen MR) is 109 cm³/mol. The standard InChI is InChI=1S/C22H28N2O5/c1-14(2)17-6-4-5-7-19(17)29-22(27)24-12-16(13-24)21(26)23-11-15-8-9-18(25)20(10-15)28-3/h4-6,8-10,14,16,19,25H,7,11-13H2,1-3H3,(H,23,26). The minimum absolute atomic E-state index is 0.0552. The van der Waals surface area contributed by atoms with Crippen LogP contribution < -0.4 is 10.1 Å². The Balaban J connectivity index is 1.44. The molecule has 1 aromatic carbocycles. The minimum atomic E-state index is -0.371. The van der Waals surface area contributed by atoms with Gasteiger partial charge in [0.15, 0.2) is 11.5 Å². The van der Waals surface area contributed by atoms with Crippen LogP contribution in [0, 0.1) is 11.8 Å². The van der Waals surface area contributed by atoms with Crippen LogP contribution in [0.25, 0.3) is 0 Å². The van der Waals surface area contributed by atoms with Crippen molar-refractivity contribution in [2.75, 3.05) is 20.2 Å². The molecule has 0 bridgehead atoms. The highest BCUT2D eigenvalue weighted by Crippen LogP contribution is 2.27. The number of hydrogen-bond donors (Lipinski definition) is 2. The second-order valence-corrected chi connectivity index (χ2v) is 7.68. The van der Waals surface area contributed by atoms with Crippen molar-refractivity contribution in [2.45, 2.75) is 32.9 Å². The SMILES string of the molecule is COc1cc(CNC(=O)C2CN(C(=O)OC3CC=CC=C3C(C)C)C2)ccc1O. The molecule has 1 saturated heterocycles. The molecule has 0 saturated carbocycles. The van der Waals surface area contributed by atoms with Gasteiger partial charge >= 0.3 is 6.09 Å². The highest BCUT2D eigenvalue weighted by atomic mass is 16.6. The molecule has 156 valence electrons. The maximum Gasteiger partial charge on any atom is 0.410 e. The van der Waals surface area contributed by atoms with Crippen LogP contribution in [0.5, 0.6) is 11.5 Å². The van der Waals surface area contributed by atoms with Gasteiger partial charge in [0.05, 0.1) is 13.0 Å². The number of allylic oxidation sites excluding steroid dienone is 2. The maximum atomic E-state index is 12.4. The summed E-state index contributed by atoms with van der Waals surface area (Å²) in [6.45, 7) is 5.20. The molecule has 0 spiro atoms. The summed E-state index contributed by atoms with van der Waals surface area (Å²) in [6.07, 6.45) is 6.08. The van der Waals surface area contributed by atoms with Crippen molar-refractivity contribution in [1.82, 2.24) is 10.2 Å². The van der Waals surface area contributed by atoms with Gasteiger partial charge in [-0.2, -0.15) is 0 Å². The molecule has 29 heavy (non-hydrogen) atoms. The fourth-order valence-corrected chi connectivity index (χ4v) is 3.46. The number of phenolic OH excluding ortho intramolecular Hbond substituents is 1. The van der Waals surface area contributed by atoms with E-state index in [0.29, 0.717) is 37.7 Å². The van der Waals surface area contributed by atoms with Crippen LogP contribution in [0.1, 0.15) is 25.8 Å². The zero-order valence-electron chi connectivity index (χ0n) is 17.1. The van der Waals surface area contributed by atoms with Crippen molar-refractivity contribution in [1.29, 1.82) is 0 Å². The summed E-state index contributed by atoms with van der Waals surface area (Å²) in [5.41, 5.74) is 1.93. The number of phenols is 1. The smallest absolute Gasteiger partial charge is 0.410 e. The molecule has 1 atom stereocenters. The lowest BCUT2D eigenvalue weighted by atomic mass is 9.92. The van der Waals surface area contributed by atoms with E-state index in [-0.39, 0.29) is 29.8 Å². The highest BCUT2D eigenvalue weighted by Gasteiger charge is 2.37. The molecule has 3 rings (SSSR count). The quantitative estimate of drug-likeness (QED) is 0.766. The van der Waals surface area contributed by atoms with Gasteiger partial charge in [0, 0.05) is 26.1 Å². The Morgan fingerprint density at radius 1 is 1.31 bits per heavy atom. The van der Waals surface area contributed by atoms with Crippen LogP contribution in [0.3, 0.4) is 0 Å². The van der Waals surface area contributed by atoms with E-state index in [9.17, 15) is 14.7 Å². The minimum Gasteiger partial charge on any atom is -0.504 e. The fourth-order valence-electron chi connectivity index (χ4n) is 3.46. The molecule has 2 aliphatic rings. The molecule has 0 radical (unpaired) electrons. The zero-order chi connectivity index (χ0) is 21.0. The summed E-state index contributed by atoms with van der Waals surface area (Å²) in [5, 5.41) is 12.5. The summed E-state index contributed by atoms with van der Waals surface area (Å²) < 4.78 is 10.7. The van der Waals surface area contributed by atoms with Crippen LogP contribution in [0.4, 0.5) is 4.79 Å². The van der Waals surface area contributed by atoms with E-state index < -0.39 is 0 Å². The summed E-state index contributed by atoms with van der Waals surface area (Å²) >= 11 is 0. The van der Waals surface area contributed by atoms with Crippen molar-refractivity contribution in [3.63, 3.8) is 0 Å². The van der Waals surface area contributed by atoms with Gasteiger partial charge in [-0.15, -0.1) is 0 Å². The number of ether oxygens (including phenoxy) is 2. The first-order chi connectivity index (χ1) is 13.9. The number of carbonyl (C=O) groups is 2. The Morgan fingerprint density at radius 2 is 2.07 bits per heavy atom. The number of methoxy groups -OCH3 is 1. The third-order valence-corrected chi connectivity index (χ3v) is 5.28. The number of amides is 2. The Hall–Kier alpha value is -2.96. The summed E-state index contributed by atoms with van der Waals surface area (Å²) in [6, 6.07) is 4.93. The van der Waals surface area contributed by atoms with E-state index >= 15 is 0 Å². The van der Waals surface area contributed by atoms with E-state index in [2.05, 4.69) is 19.2 Å². The number of likely N-dealkylation sites (tertiary alicyclic amines) is 1. The van der Waals surface area contributed by atoms with E-state index in [0.717, 1.165) is 11.1 Å². The van der Waals surface area contributed by atoms with Gasteiger partial charge in [0.2, 0.25) is 5.91 Å². The first kappa shape index (κ1) is 20.8. The van der Waals surface area contributed by atoms with E-state index in [1.165, 1.54) is 13.2 Å². The van der Waals surface area contributed by atoms with Crippen molar-refractivity contribution in [2.24, 2.45) is 11.8 Å². The Labute approximate surface area is 171 Å². The van der Waals surface area contributed by atoms with E-state index in [1.807, 2.05) is 18.2 Å². The number of aromatic hydroxyl groups is 1. The molecular weight excluding hydrogens is 372 g/mol. The molecule has 1 unspecified atom stereocenters. The molecule has 1 aliphatic heterocycles. The van der Waals surface area contributed by atoms with E-state index in [1.54, 1.807) is 17.0 Å². The van der Waals surface area contributed by atoms with Gasteiger partial charge in [-0.05, 0) is 29.2 Å². The summed E-state index contributed by atoms with van der Waals surface area (Å²) in [7, 11) is 1.48. The maximum absolute atomic E-state index is 12.4. The second kappa shape index (κ2) is 9.03. The third-order valence-electron chi connectivity index (χ3n) is 5.28. The first-order valence-electron chi connectivity index (χ1n) is 9.84. The monoisotopic (exact) mass is 400 g/mol. The average Bonchev–Trinajstić information content (AvgIpc) is 2.66. The number of benzene rings is 1. The van der Waals surface area contributed by atoms with Crippen LogP contribution >= 0.6 is 0 Å². The first-order valence-corrected chi connectivity index (χ1v) is 9.84. The van der Waals surface area contributed by atoms with Crippen LogP contribution in [-0.2, 0) is 16.1 Å². The Bertz CT molecular complexity index is 824. The van der Waals surface area contributed by atoms with Crippen LogP contribution in [0.2, 0.25) is 0 Å². The lowest BCUT2D eigenvalue weighted by molar-refractivity contribution is -0.129. The van der Waals surface area contributed by atoms with Crippen molar-refractivity contribution >= 4 is 12.0 Å².